The maximum Gasteiger partial charge on any atom is 0.0703 e. The lowest BCUT2D eigenvalue weighted by Gasteiger charge is -2.09. The molecule has 0 aliphatic rings. The van der Waals surface area contributed by atoms with Gasteiger partial charge in [-0.2, -0.15) is 0 Å². The second kappa shape index (κ2) is 20.2. The Hall–Kier alpha value is -0.160. The summed E-state index contributed by atoms with van der Waals surface area (Å²) in [6.07, 6.45) is 2.63. The van der Waals surface area contributed by atoms with Gasteiger partial charge in [0.05, 0.1) is 32.5 Å². The molecule has 0 heterocycles. The molecule has 0 atom stereocenters. The molecular formula is C15H35NO3. The van der Waals surface area contributed by atoms with Crippen LogP contribution in [0.1, 0.15) is 47.5 Å². The van der Waals surface area contributed by atoms with Crippen molar-refractivity contribution in [3.8, 4) is 0 Å². The van der Waals surface area contributed by atoms with Crippen molar-refractivity contribution in [2.24, 2.45) is 0 Å². The number of unbranched alkanes of at least 4 members (excludes halogenated alkanes) is 1. The summed E-state index contributed by atoms with van der Waals surface area (Å²) in [7, 11) is 0. The highest BCUT2D eigenvalue weighted by molar-refractivity contribution is 4.45. The Bertz CT molecular complexity index is 143. The molecule has 0 unspecified atom stereocenters. The summed E-state index contributed by atoms with van der Waals surface area (Å²) < 4.78 is 16.2. The Kier molecular flexibility index (Phi) is 22.4. The van der Waals surface area contributed by atoms with Crippen LogP contribution in [0.5, 0.6) is 0 Å². The molecule has 0 saturated heterocycles. The maximum absolute atomic E-state index is 5.42. The number of hydrogen-bond donors (Lipinski definition) is 1. The Morgan fingerprint density at radius 3 is 1.95 bits per heavy atom. The quantitative estimate of drug-likeness (QED) is 0.526. The molecule has 0 spiro atoms. The van der Waals surface area contributed by atoms with Crippen LogP contribution in [0.3, 0.4) is 0 Å². The van der Waals surface area contributed by atoms with E-state index in [9.17, 15) is 0 Å². The number of rotatable bonds is 13. The van der Waals surface area contributed by atoms with Crippen LogP contribution in [0.4, 0.5) is 0 Å². The molecule has 19 heavy (non-hydrogen) atoms. The van der Waals surface area contributed by atoms with E-state index in [1.165, 1.54) is 6.42 Å². The minimum atomic E-state index is 0.289. The first-order chi connectivity index (χ1) is 9.27. The fourth-order valence-electron chi connectivity index (χ4n) is 1.21. The number of nitrogens with one attached hydrogen (secondary N) is 1. The normalized spacial score (nSPS) is 10.4. The van der Waals surface area contributed by atoms with Crippen molar-refractivity contribution in [1.82, 2.24) is 5.32 Å². The molecule has 4 heteroatoms. The summed E-state index contributed by atoms with van der Waals surface area (Å²) in [5.41, 5.74) is 0. The zero-order valence-corrected chi connectivity index (χ0v) is 13.7. The van der Waals surface area contributed by atoms with Gasteiger partial charge >= 0.3 is 0 Å². The van der Waals surface area contributed by atoms with E-state index in [-0.39, 0.29) is 6.10 Å². The molecule has 0 aromatic carbocycles. The van der Waals surface area contributed by atoms with Crippen molar-refractivity contribution in [2.75, 3.05) is 46.1 Å². The minimum Gasteiger partial charge on any atom is -0.380 e. The number of hydrogen-bond acceptors (Lipinski definition) is 4. The van der Waals surface area contributed by atoms with Crippen LogP contribution in [0, 0.1) is 0 Å². The van der Waals surface area contributed by atoms with Crippen LogP contribution < -0.4 is 5.32 Å². The van der Waals surface area contributed by atoms with E-state index < -0.39 is 0 Å². The Morgan fingerprint density at radius 1 is 0.842 bits per heavy atom. The Morgan fingerprint density at radius 2 is 1.42 bits per heavy atom. The highest BCUT2D eigenvalue weighted by atomic mass is 16.5. The first-order valence-electron chi connectivity index (χ1n) is 7.75. The van der Waals surface area contributed by atoms with Gasteiger partial charge in [0, 0.05) is 19.7 Å². The van der Waals surface area contributed by atoms with E-state index in [1.54, 1.807) is 0 Å². The maximum atomic E-state index is 5.42. The van der Waals surface area contributed by atoms with Crippen molar-refractivity contribution >= 4 is 0 Å². The molecule has 118 valence electrons. The summed E-state index contributed by atoms with van der Waals surface area (Å²) in [6, 6.07) is 0. The first kappa shape index (κ1) is 21.1. The SMILES string of the molecule is CC.CCCCOCCNCCOCCOC(C)C. The molecule has 1 N–H and O–H groups in total. The zero-order valence-electron chi connectivity index (χ0n) is 13.7. The molecule has 4 nitrogen and oxygen atoms in total. The van der Waals surface area contributed by atoms with Gasteiger partial charge in [-0.3, -0.25) is 0 Å². The first-order valence-corrected chi connectivity index (χ1v) is 7.75. The molecule has 0 amide bonds. The summed E-state index contributed by atoms with van der Waals surface area (Å²) in [6.45, 7) is 15.7. The predicted molar refractivity (Wildman–Crippen MR) is 81.9 cm³/mol. The van der Waals surface area contributed by atoms with E-state index in [4.69, 9.17) is 14.2 Å². The molecule has 0 aliphatic carbocycles. The van der Waals surface area contributed by atoms with Gasteiger partial charge in [-0.1, -0.05) is 27.2 Å². The Labute approximate surface area is 120 Å². The Balaban J connectivity index is 0. The van der Waals surface area contributed by atoms with Gasteiger partial charge < -0.3 is 19.5 Å². The van der Waals surface area contributed by atoms with Gasteiger partial charge in [0.15, 0.2) is 0 Å². The lowest BCUT2D eigenvalue weighted by atomic mass is 10.4. The summed E-state index contributed by atoms with van der Waals surface area (Å²) in [4.78, 5) is 0. The third kappa shape index (κ3) is 23.4. The van der Waals surface area contributed by atoms with Crippen molar-refractivity contribution in [3.63, 3.8) is 0 Å². The molecule has 0 saturated carbocycles. The van der Waals surface area contributed by atoms with E-state index in [0.717, 1.165) is 39.3 Å². The molecule has 0 bridgehead atoms. The van der Waals surface area contributed by atoms with Crippen molar-refractivity contribution in [1.29, 1.82) is 0 Å². The second-order valence-corrected chi connectivity index (χ2v) is 4.25. The van der Waals surface area contributed by atoms with Gasteiger partial charge in [-0.25, -0.2) is 0 Å². The third-order valence-corrected chi connectivity index (χ3v) is 2.17. The molecule has 0 aromatic heterocycles. The molecule has 0 aliphatic heterocycles. The smallest absolute Gasteiger partial charge is 0.0703 e. The van der Waals surface area contributed by atoms with Gasteiger partial charge in [-0.15, -0.1) is 0 Å². The van der Waals surface area contributed by atoms with Crippen LogP contribution in [0.25, 0.3) is 0 Å². The van der Waals surface area contributed by atoms with Crippen molar-refractivity contribution < 1.29 is 14.2 Å². The van der Waals surface area contributed by atoms with E-state index in [1.807, 2.05) is 27.7 Å². The highest BCUT2D eigenvalue weighted by Gasteiger charge is 1.93. The van der Waals surface area contributed by atoms with E-state index in [2.05, 4.69) is 12.2 Å². The predicted octanol–water partition coefficient (Wildman–Crippen LogP) is 2.86. The average Bonchev–Trinajstić information content (AvgIpc) is 2.42. The summed E-state index contributed by atoms with van der Waals surface area (Å²) in [5.74, 6) is 0. The van der Waals surface area contributed by atoms with E-state index >= 15 is 0 Å². The topological polar surface area (TPSA) is 39.7 Å². The van der Waals surface area contributed by atoms with Crippen molar-refractivity contribution in [3.05, 3.63) is 0 Å². The van der Waals surface area contributed by atoms with Crippen LogP contribution in [-0.4, -0.2) is 52.2 Å². The average molecular weight is 277 g/mol. The lowest BCUT2D eigenvalue weighted by molar-refractivity contribution is 0.0201. The fourth-order valence-corrected chi connectivity index (χ4v) is 1.21. The minimum absolute atomic E-state index is 0.289. The van der Waals surface area contributed by atoms with Crippen molar-refractivity contribution in [2.45, 2.75) is 53.6 Å². The molecule has 0 fully saturated rings. The van der Waals surface area contributed by atoms with Crippen LogP contribution in [0.2, 0.25) is 0 Å². The molecule has 0 aromatic rings. The molecular weight excluding hydrogens is 242 g/mol. The summed E-state index contributed by atoms with van der Waals surface area (Å²) >= 11 is 0. The van der Waals surface area contributed by atoms with E-state index in [0.29, 0.717) is 13.2 Å². The molecule has 0 radical (unpaired) electrons. The largest absolute Gasteiger partial charge is 0.380 e. The second-order valence-electron chi connectivity index (χ2n) is 4.25. The van der Waals surface area contributed by atoms with Crippen LogP contribution in [0.15, 0.2) is 0 Å². The zero-order chi connectivity index (χ0) is 14.8. The van der Waals surface area contributed by atoms with Crippen LogP contribution in [-0.2, 0) is 14.2 Å². The van der Waals surface area contributed by atoms with Gasteiger partial charge in [0.1, 0.15) is 0 Å². The number of ether oxygens (including phenoxy) is 3. The van der Waals surface area contributed by atoms with Gasteiger partial charge in [-0.05, 0) is 20.3 Å². The monoisotopic (exact) mass is 277 g/mol. The third-order valence-electron chi connectivity index (χ3n) is 2.17. The van der Waals surface area contributed by atoms with Crippen LogP contribution >= 0.6 is 0 Å². The van der Waals surface area contributed by atoms with Gasteiger partial charge in [0.25, 0.3) is 0 Å². The lowest BCUT2D eigenvalue weighted by Crippen LogP contribution is -2.24. The highest BCUT2D eigenvalue weighted by Crippen LogP contribution is 1.87. The summed E-state index contributed by atoms with van der Waals surface area (Å²) in [5, 5.41) is 3.27. The standard InChI is InChI=1S/C13H29NO3.C2H6/c1-4-5-8-15-9-6-14-7-10-16-11-12-17-13(2)3;1-2/h13-14H,4-12H2,1-3H3;1-2H3. The molecule has 0 rings (SSSR count). The van der Waals surface area contributed by atoms with Gasteiger partial charge in [0.2, 0.25) is 0 Å². The fraction of sp³-hybridized carbons (Fsp3) is 1.00.